The maximum atomic E-state index is 5.55. The predicted octanol–water partition coefficient (Wildman–Crippen LogP) is -0.857. The van der Waals surface area contributed by atoms with Crippen LogP contribution in [0.25, 0.3) is 5.78 Å². The lowest BCUT2D eigenvalue weighted by molar-refractivity contribution is 0.910. The summed E-state index contributed by atoms with van der Waals surface area (Å²) in [6.07, 6.45) is 1.37. The third-order valence-electron chi connectivity index (χ3n) is 1.40. The summed E-state index contributed by atoms with van der Waals surface area (Å²) in [5.41, 5.74) is 5.55. The first-order valence-corrected chi connectivity index (χ1v) is 3.32. The molecule has 0 saturated heterocycles. The van der Waals surface area contributed by atoms with E-state index in [9.17, 15) is 0 Å². The van der Waals surface area contributed by atoms with Crippen molar-refractivity contribution < 1.29 is 0 Å². The minimum Gasteiger partial charge on any atom is -0.368 e. The smallest absolute Gasteiger partial charge is 0.258 e. The Bertz CT molecular complexity index is 405. The molecule has 62 valence electrons. The van der Waals surface area contributed by atoms with Crippen molar-refractivity contribution in [1.82, 2.24) is 24.6 Å². The van der Waals surface area contributed by atoms with Crippen LogP contribution in [0.2, 0.25) is 0 Å². The Kier molecular flexibility index (Phi) is 1.29. The monoisotopic (exact) mass is 165 g/mol. The van der Waals surface area contributed by atoms with Gasteiger partial charge < -0.3 is 11.1 Å². The molecule has 2 heterocycles. The van der Waals surface area contributed by atoms with E-state index in [0.717, 1.165) is 0 Å². The summed E-state index contributed by atoms with van der Waals surface area (Å²) in [4.78, 5) is 11.8. The lowest BCUT2D eigenvalue weighted by atomic mass is 10.8. The van der Waals surface area contributed by atoms with Crippen molar-refractivity contribution in [3.63, 3.8) is 0 Å². The summed E-state index contributed by atoms with van der Waals surface area (Å²) in [6.45, 7) is 0. The Morgan fingerprint density at radius 1 is 1.50 bits per heavy atom. The van der Waals surface area contributed by atoms with Crippen molar-refractivity contribution in [2.45, 2.75) is 0 Å². The molecule has 0 saturated carbocycles. The average molecular weight is 165 g/mol. The van der Waals surface area contributed by atoms with Crippen molar-refractivity contribution in [3.8, 4) is 0 Å². The molecule has 0 aliphatic rings. The van der Waals surface area contributed by atoms with Crippen LogP contribution in [0.4, 0.5) is 11.9 Å². The largest absolute Gasteiger partial charge is 0.368 e. The first-order valence-electron chi connectivity index (χ1n) is 3.32. The molecule has 2 aromatic heterocycles. The number of hydrogen-bond donors (Lipinski definition) is 2. The van der Waals surface area contributed by atoms with Crippen LogP contribution < -0.4 is 11.1 Å². The molecule has 0 atom stereocenters. The zero-order valence-electron chi connectivity index (χ0n) is 6.39. The van der Waals surface area contributed by atoms with Gasteiger partial charge in [0.2, 0.25) is 11.9 Å². The van der Waals surface area contributed by atoms with Crippen molar-refractivity contribution >= 4 is 17.7 Å². The third kappa shape index (κ3) is 0.831. The quantitative estimate of drug-likeness (QED) is 0.571. The molecule has 0 fully saturated rings. The predicted molar refractivity (Wildman–Crippen MR) is 42.5 cm³/mol. The number of rotatable bonds is 1. The van der Waals surface area contributed by atoms with Gasteiger partial charge in [-0.05, 0) is 0 Å². The second kappa shape index (κ2) is 2.29. The van der Waals surface area contributed by atoms with Crippen LogP contribution >= 0.6 is 0 Å². The van der Waals surface area contributed by atoms with E-state index in [1.54, 1.807) is 7.05 Å². The molecule has 2 aromatic rings. The molecule has 0 aliphatic carbocycles. The molecule has 0 radical (unpaired) electrons. The fourth-order valence-electron chi connectivity index (χ4n) is 0.861. The van der Waals surface area contributed by atoms with Crippen LogP contribution in [0, 0.1) is 0 Å². The van der Waals surface area contributed by atoms with Crippen LogP contribution in [-0.4, -0.2) is 31.6 Å². The summed E-state index contributed by atoms with van der Waals surface area (Å²) in [7, 11) is 1.71. The van der Waals surface area contributed by atoms with E-state index in [1.807, 2.05) is 0 Å². The Morgan fingerprint density at radius 3 is 3.08 bits per heavy atom. The fraction of sp³-hybridized carbons (Fsp3) is 0.200. The number of nitrogens with zero attached hydrogens (tertiary/aromatic N) is 5. The molecule has 0 amide bonds. The molecule has 7 heteroatoms. The van der Waals surface area contributed by atoms with Crippen molar-refractivity contribution in [1.29, 1.82) is 0 Å². The maximum Gasteiger partial charge on any atom is 0.258 e. The zero-order chi connectivity index (χ0) is 8.55. The molecule has 0 unspecified atom stereocenters. The molecule has 2 rings (SSSR count). The van der Waals surface area contributed by atoms with E-state index in [-0.39, 0.29) is 5.95 Å². The van der Waals surface area contributed by atoms with Gasteiger partial charge in [-0.15, -0.1) is 0 Å². The van der Waals surface area contributed by atoms with Gasteiger partial charge in [0, 0.05) is 7.05 Å². The lowest BCUT2D eigenvalue weighted by Gasteiger charge is -1.99. The van der Waals surface area contributed by atoms with Gasteiger partial charge in [-0.3, -0.25) is 0 Å². The second-order valence-electron chi connectivity index (χ2n) is 2.13. The van der Waals surface area contributed by atoms with Gasteiger partial charge in [0.1, 0.15) is 6.33 Å². The summed E-state index contributed by atoms with van der Waals surface area (Å²) >= 11 is 0. The third-order valence-corrected chi connectivity index (χ3v) is 1.40. The van der Waals surface area contributed by atoms with E-state index < -0.39 is 0 Å². The summed E-state index contributed by atoms with van der Waals surface area (Å²) < 4.78 is 1.36. The first-order chi connectivity index (χ1) is 5.81. The number of nitrogens with two attached hydrogens (primary N) is 1. The van der Waals surface area contributed by atoms with Crippen LogP contribution in [0.5, 0.6) is 0 Å². The average Bonchev–Trinajstić information content (AvgIpc) is 2.52. The fourth-order valence-corrected chi connectivity index (χ4v) is 0.861. The molecule has 3 N–H and O–H groups in total. The standard InChI is InChI=1S/C5H7N7/c1-7-4-10-3(6)12-5(11-4)8-2-9-12/h2H,1H3,(H3,6,7,8,9,10,11). The Labute approximate surface area is 67.7 Å². The highest BCUT2D eigenvalue weighted by Gasteiger charge is 2.03. The molecule has 0 spiro atoms. The Hall–Kier alpha value is -1.92. The van der Waals surface area contributed by atoms with E-state index in [0.29, 0.717) is 11.7 Å². The van der Waals surface area contributed by atoms with Crippen molar-refractivity contribution in [3.05, 3.63) is 6.33 Å². The molecule has 0 aliphatic heterocycles. The highest BCUT2D eigenvalue weighted by Crippen LogP contribution is 2.03. The topological polar surface area (TPSA) is 94.0 Å². The molecule has 7 nitrogen and oxygen atoms in total. The number of anilines is 2. The maximum absolute atomic E-state index is 5.55. The van der Waals surface area contributed by atoms with E-state index in [2.05, 4.69) is 25.4 Å². The van der Waals surface area contributed by atoms with E-state index in [1.165, 1.54) is 10.8 Å². The van der Waals surface area contributed by atoms with Crippen LogP contribution in [0.3, 0.4) is 0 Å². The Morgan fingerprint density at radius 2 is 2.33 bits per heavy atom. The normalized spacial score (nSPS) is 10.4. The first kappa shape index (κ1) is 6.77. The van der Waals surface area contributed by atoms with Gasteiger partial charge in [-0.2, -0.15) is 24.6 Å². The molecule has 0 aromatic carbocycles. The SMILES string of the molecule is CNc1nc(N)n2ncnc2n1. The minimum atomic E-state index is 0.266. The van der Waals surface area contributed by atoms with Gasteiger partial charge in [0.15, 0.2) is 0 Å². The van der Waals surface area contributed by atoms with Gasteiger partial charge in [-0.1, -0.05) is 0 Å². The zero-order valence-corrected chi connectivity index (χ0v) is 6.39. The van der Waals surface area contributed by atoms with Gasteiger partial charge in [0.05, 0.1) is 0 Å². The summed E-state index contributed by atoms with van der Waals surface area (Å²) in [5, 5.41) is 6.59. The molecule has 12 heavy (non-hydrogen) atoms. The van der Waals surface area contributed by atoms with E-state index in [4.69, 9.17) is 5.73 Å². The number of fused-ring (bicyclic) bond motifs is 1. The van der Waals surface area contributed by atoms with Crippen LogP contribution in [-0.2, 0) is 0 Å². The minimum absolute atomic E-state index is 0.266. The molecule has 0 bridgehead atoms. The van der Waals surface area contributed by atoms with Gasteiger partial charge >= 0.3 is 0 Å². The highest BCUT2D eigenvalue weighted by molar-refractivity contribution is 5.41. The highest BCUT2D eigenvalue weighted by atomic mass is 15.4. The Balaban J connectivity index is 2.75. The molecular formula is C5H7N7. The lowest BCUT2D eigenvalue weighted by Crippen LogP contribution is -2.07. The molecular weight excluding hydrogens is 158 g/mol. The van der Waals surface area contributed by atoms with Gasteiger partial charge in [-0.25, -0.2) is 0 Å². The summed E-state index contributed by atoms with van der Waals surface area (Å²) in [5.74, 6) is 1.14. The number of nitrogen functional groups attached to an aromatic ring is 1. The number of aromatic nitrogens is 5. The van der Waals surface area contributed by atoms with Gasteiger partial charge in [0.25, 0.3) is 5.78 Å². The van der Waals surface area contributed by atoms with Crippen LogP contribution in [0.15, 0.2) is 6.33 Å². The van der Waals surface area contributed by atoms with Crippen molar-refractivity contribution in [2.24, 2.45) is 0 Å². The summed E-state index contributed by atoms with van der Waals surface area (Å²) in [6, 6.07) is 0. The number of nitrogens with one attached hydrogen (secondary N) is 1. The van der Waals surface area contributed by atoms with E-state index >= 15 is 0 Å². The van der Waals surface area contributed by atoms with Crippen molar-refractivity contribution in [2.75, 3.05) is 18.1 Å². The number of hydrogen-bond acceptors (Lipinski definition) is 6. The second-order valence-corrected chi connectivity index (χ2v) is 2.13. The van der Waals surface area contributed by atoms with Crippen LogP contribution in [0.1, 0.15) is 0 Å².